The predicted octanol–water partition coefficient (Wildman–Crippen LogP) is 3.38. The van der Waals surface area contributed by atoms with Crippen molar-refractivity contribution in [1.29, 1.82) is 0 Å². The largest absolute Gasteiger partial charge is 0.472 e. The molecular formula is C27H32O7. The SMILES string of the molecule is COC(=O)C[C@H]1[C@]2(C)C3=C(C)[C@H](c4ccoc4)C[C@H]3O[C@@H]2[C@H](O)[C@@H]2[C@](C)(C=O)C=CC(=O)[C@]12C. The number of aliphatic hydroxyl groups excluding tert-OH is 1. The lowest BCUT2D eigenvalue weighted by atomic mass is 9.41. The van der Waals surface area contributed by atoms with Gasteiger partial charge in [-0.15, -0.1) is 0 Å². The number of ether oxygens (including phenoxy) is 2. The Morgan fingerprint density at radius 1 is 1.29 bits per heavy atom. The molecule has 1 aliphatic heterocycles. The Labute approximate surface area is 199 Å². The van der Waals surface area contributed by atoms with Crippen LogP contribution in [-0.2, 0) is 23.9 Å². The lowest BCUT2D eigenvalue weighted by molar-refractivity contribution is -0.209. The molecule has 2 fully saturated rings. The summed E-state index contributed by atoms with van der Waals surface area (Å²) in [6, 6.07) is 1.94. The first-order valence-electron chi connectivity index (χ1n) is 11.9. The van der Waals surface area contributed by atoms with Crippen LogP contribution in [0.1, 0.15) is 52.0 Å². The first-order chi connectivity index (χ1) is 16.0. The topological polar surface area (TPSA) is 103 Å². The van der Waals surface area contributed by atoms with E-state index < -0.39 is 46.3 Å². The quantitative estimate of drug-likeness (QED) is 0.410. The van der Waals surface area contributed by atoms with Gasteiger partial charge in [0.1, 0.15) is 6.29 Å². The van der Waals surface area contributed by atoms with Crippen LogP contribution in [-0.4, -0.2) is 48.6 Å². The van der Waals surface area contributed by atoms with E-state index in [4.69, 9.17) is 13.9 Å². The van der Waals surface area contributed by atoms with Gasteiger partial charge in [-0.05, 0) is 49.5 Å². The van der Waals surface area contributed by atoms with Crippen LogP contribution in [0, 0.1) is 28.1 Å². The Balaban J connectivity index is 1.73. The summed E-state index contributed by atoms with van der Waals surface area (Å²) in [7, 11) is 1.33. The van der Waals surface area contributed by atoms with Crippen LogP contribution in [0.3, 0.4) is 0 Å². The molecule has 2 heterocycles. The maximum absolute atomic E-state index is 13.6. The van der Waals surface area contributed by atoms with Crippen LogP contribution in [0.25, 0.3) is 0 Å². The van der Waals surface area contributed by atoms with Gasteiger partial charge in [-0.1, -0.05) is 25.5 Å². The fourth-order valence-corrected chi connectivity index (χ4v) is 8.03. The number of carbonyl (C=O) groups excluding carboxylic acids is 3. The van der Waals surface area contributed by atoms with Crippen LogP contribution in [0.15, 0.2) is 46.3 Å². The van der Waals surface area contributed by atoms with Gasteiger partial charge in [0.05, 0.1) is 44.4 Å². The lowest BCUT2D eigenvalue weighted by Gasteiger charge is -2.61. The van der Waals surface area contributed by atoms with Crippen molar-refractivity contribution >= 4 is 18.0 Å². The molecule has 3 aliphatic carbocycles. The molecule has 1 aromatic heterocycles. The third-order valence-electron chi connectivity index (χ3n) is 9.54. The molecule has 0 radical (unpaired) electrons. The number of aldehydes is 1. The van der Waals surface area contributed by atoms with Crippen LogP contribution in [0.4, 0.5) is 0 Å². The fourth-order valence-electron chi connectivity index (χ4n) is 8.03. The standard InChI is InChI=1S/C27H32O7/c1-14-16(15-7-9-33-12-15)10-17-21(14)27(4)18(11-20(30)32-5)26(3)19(29)6-8-25(2,13-28)23(26)22(31)24(27)34-17/h6-9,12-13,16-18,22-24,31H,10-11H2,1-5H3/t16-,17-,18-,22-,23-,24-,25+,26+,27-/m1/s1. The summed E-state index contributed by atoms with van der Waals surface area (Å²) in [6.45, 7) is 7.62. The summed E-state index contributed by atoms with van der Waals surface area (Å²) in [6.07, 6.45) is 5.94. The molecule has 0 unspecified atom stereocenters. The molecule has 9 atom stereocenters. The van der Waals surface area contributed by atoms with Crippen LogP contribution < -0.4 is 0 Å². The van der Waals surface area contributed by atoms with E-state index in [1.54, 1.807) is 32.4 Å². The number of fused-ring (bicyclic) bond motifs is 4. The second kappa shape index (κ2) is 7.49. The van der Waals surface area contributed by atoms with E-state index in [0.29, 0.717) is 6.42 Å². The first-order valence-corrected chi connectivity index (χ1v) is 11.9. The van der Waals surface area contributed by atoms with Gasteiger partial charge < -0.3 is 23.8 Å². The van der Waals surface area contributed by atoms with E-state index >= 15 is 0 Å². The molecule has 0 spiro atoms. The monoisotopic (exact) mass is 468 g/mol. The Bertz CT molecular complexity index is 1100. The number of aliphatic hydroxyl groups is 1. The second-order valence-corrected chi connectivity index (χ2v) is 11.0. The number of ketones is 1. The normalized spacial score (nSPS) is 45.1. The van der Waals surface area contributed by atoms with Gasteiger partial charge in [-0.2, -0.15) is 0 Å². The summed E-state index contributed by atoms with van der Waals surface area (Å²) in [5, 5.41) is 11.8. The zero-order valence-corrected chi connectivity index (χ0v) is 20.2. The van der Waals surface area contributed by atoms with Gasteiger partial charge >= 0.3 is 5.97 Å². The number of allylic oxidation sites excluding steroid dienone is 3. The van der Waals surface area contributed by atoms with Crippen molar-refractivity contribution in [2.75, 3.05) is 7.11 Å². The highest BCUT2D eigenvalue weighted by molar-refractivity contribution is 5.98. The number of carbonyl (C=O) groups is 3. The molecule has 7 nitrogen and oxygen atoms in total. The first kappa shape index (κ1) is 23.2. The zero-order valence-electron chi connectivity index (χ0n) is 20.2. The van der Waals surface area contributed by atoms with Crippen molar-refractivity contribution < 1.29 is 33.4 Å². The Kier molecular flexibility index (Phi) is 5.12. The Morgan fingerprint density at radius 2 is 2.03 bits per heavy atom. The highest BCUT2D eigenvalue weighted by Gasteiger charge is 2.73. The van der Waals surface area contributed by atoms with E-state index in [1.807, 2.05) is 13.0 Å². The minimum atomic E-state index is -1.16. The van der Waals surface area contributed by atoms with Crippen molar-refractivity contribution in [2.45, 2.75) is 64.8 Å². The van der Waals surface area contributed by atoms with Crippen LogP contribution in [0.2, 0.25) is 0 Å². The lowest BCUT2D eigenvalue weighted by Crippen LogP contribution is -2.68. The molecule has 1 saturated heterocycles. The van der Waals surface area contributed by atoms with Gasteiger partial charge in [0.2, 0.25) is 0 Å². The van der Waals surface area contributed by atoms with E-state index in [-0.39, 0.29) is 24.2 Å². The van der Waals surface area contributed by atoms with Crippen molar-refractivity contribution in [2.24, 2.45) is 28.1 Å². The van der Waals surface area contributed by atoms with E-state index in [0.717, 1.165) is 23.0 Å². The van der Waals surface area contributed by atoms with E-state index in [1.165, 1.54) is 13.2 Å². The van der Waals surface area contributed by atoms with E-state index in [9.17, 15) is 19.5 Å². The molecule has 0 aromatic carbocycles. The molecular weight excluding hydrogens is 436 g/mol. The number of furan rings is 1. The molecule has 1 aromatic rings. The van der Waals surface area contributed by atoms with Gasteiger partial charge in [-0.3, -0.25) is 9.59 Å². The van der Waals surface area contributed by atoms with Gasteiger partial charge in [0, 0.05) is 28.1 Å². The summed E-state index contributed by atoms with van der Waals surface area (Å²) in [5.74, 6) is -1.77. The number of hydrogen-bond donors (Lipinski definition) is 1. The molecule has 7 heteroatoms. The summed E-state index contributed by atoms with van der Waals surface area (Å²) < 4.78 is 17.0. The third kappa shape index (κ3) is 2.74. The Hall–Kier alpha value is -2.51. The molecule has 1 saturated carbocycles. The minimum Gasteiger partial charge on any atom is -0.472 e. The number of methoxy groups -OCH3 is 1. The maximum Gasteiger partial charge on any atom is 0.305 e. The van der Waals surface area contributed by atoms with Gasteiger partial charge in [0.15, 0.2) is 5.78 Å². The third-order valence-corrected chi connectivity index (χ3v) is 9.54. The number of rotatable bonds is 4. The van der Waals surface area contributed by atoms with Gasteiger partial charge in [-0.25, -0.2) is 0 Å². The summed E-state index contributed by atoms with van der Waals surface area (Å²) in [4.78, 5) is 38.6. The molecule has 4 aliphatic rings. The minimum absolute atomic E-state index is 0.0129. The smallest absolute Gasteiger partial charge is 0.305 e. The fraction of sp³-hybridized carbons (Fsp3) is 0.593. The Morgan fingerprint density at radius 3 is 2.65 bits per heavy atom. The average Bonchev–Trinajstić information content (AvgIpc) is 3.51. The second-order valence-electron chi connectivity index (χ2n) is 11.0. The van der Waals surface area contributed by atoms with Crippen molar-refractivity contribution in [1.82, 2.24) is 0 Å². The molecule has 182 valence electrons. The molecule has 5 rings (SSSR count). The van der Waals surface area contributed by atoms with Crippen molar-refractivity contribution in [3.05, 3.63) is 47.5 Å². The zero-order chi connectivity index (χ0) is 24.6. The maximum atomic E-state index is 13.6. The average molecular weight is 469 g/mol. The highest BCUT2D eigenvalue weighted by Crippen LogP contribution is 2.69. The predicted molar refractivity (Wildman–Crippen MR) is 122 cm³/mol. The summed E-state index contributed by atoms with van der Waals surface area (Å²) >= 11 is 0. The van der Waals surface area contributed by atoms with Gasteiger partial charge in [0.25, 0.3) is 0 Å². The highest BCUT2D eigenvalue weighted by atomic mass is 16.5. The van der Waals surface area contributed by atoms with Crippen molar-refractivity contribution in [3.63, 3.8) is 0 Å². The molecule has 0 bridgehead atoms. The molecule has 0 amide bonds. The van der Waals surface area contributed by atoms with Crippen LogP contribution >= 0.6 is 0 Å². The van der Waals surface area contributed by atoms with E-state index in [2.05, 4.69) is 6.92 Å². The van der Waals surface area contributed by atoms with Crippen LogP contribution in [0.5, 0.6) is 0 Å². The molecule has 34 heavy (non-hydrogen) atoms. The number of hydrogen-bond acceptors (Lipinski definition) is 7. The summed E-state index contributed by atoms with van der Waals surface area (Å²) in [5.41, 5.74) is 0.197. The molecule has 1 N–H and O–H groups in total. The van der Waals surface area contributed by atoms with Crippen molar-refractivity contribution in [3.8, 4) is 0 Å². The number of esters is 1.